The summed E-state index contributed by atoms with van der Waals surface area (Å²) < 4.78 is 45.5. The van der Waals surface area contributed by atoms with Gasteiger partial charge < -0.3 is 10.1 Å². The zero-order chi connectivity index (χ0) is 17.0. The number of carbonyl (C=O) groups is 1. The molecule has 136 valence electrons. The molecule has 0 radical (unpaired) electrons. The molecule has 1 unspecified atom stereocenters. The Morgan fingerprint density at radius 2 is 2.12 bits per heavy atom. The van der Waals surface area contributed by atoms with Crippen molar-refractivity contribution < 1.29 is 22.3 Å². The number of hydrogen-bond donors (Lipinski definition) is 1. The van der Waals surface area contributed by atoms with Crippen molar-refractivity contribution in [1.29, 1.82) is 0 Å². The Kier molecular flexibility index (Phi) is 7.59. The Labute approximate surface area is 147 Å². The number of carbonyl (C=O) groups excluding carboxylic acids is 1. The summed E-state index contributed by atoms with van der Waals surface area (Å²) in [5, 5.41) is 2.97. The van der Waals surface area contributed by atoms with Crippen LogP contribution in [0, 0.1) is 5.82 Å². The molecule has 0 aliphatic carbocycles. The highest BCUT2D eigenvalue weighted by atomic mass is 35.5. The first-order chi connectivity index (χ1) is 10.9. The summed E-state index contributed by atoms with van der Waals surface area (Å²) in [6.07, 6.45) is 1.51. The van der Waals surface area contributed by atoms with Crippen LogP contribution in [0.4, 0.5) is 4.39 Å². The van der Waals surface area contributed by atoms with E-state index >= 15 is 0 Å². The Balaban J connectivity index is 0.00000288. The number of esters is 1. The minimum atomic E-state index is -3.86. The molecule has 1 saturated heterocycles. The molecule has 0 amide bonds. The van der Waals surface area contributed by atoms with Gasteiger partial charge in [-0.3, -0.25) is 0 Å². The van der Waals surface area contributed by atoms with Crippen LogP contribution in [0.3, 0.4) is 0 Å². The molecule has 9 heteroatoms. The molecule has 0 saturated carbocycles. The van der Waals surface area contributed by atoms with E-state index in [1.165, 1.54) is 10.4 Å². The van der Waals surface area contributed by atoms with E-state index in [1.807, 2.05) is 0 Å². The number of hydrogen-bond acceptors (Lipinski definition) is 5. The normalized spacial score (nSPS) is 18.2. The fourth-order valence-electron chi connectivity index (χ4n) is 2.74. The third kappa shape index (κ3) is 4.44. The molecule has 6 nitrogen and oxygen atoms in total. The van der Waals surface area contributed by atoms with Crippen LogP contribution in [0.1, 0.15) is 30.1 Å². The van der Waals surface area contributed by atoms with Crippen molar-refractivity contribution in [3.8, 4) is 0 Å². The lowest BCUT2D eigenvalue weighted by atomic mass is 10.2. The van der Waals surface area contributed by atoms with E-state index in [0.717, 1.165) is 25.0 Å². The van der Waals surface area contributed by atoms with Crippen LogP contribution in [0.15, 0.2) is 23.1 Å². The largest absolute Gasteiger partial charge is 0.462 e. The van der Waals surface area contributed by atoms with Crippen LogP contribution >= 0.6 is 12.4 Å². The maximum atomic E-state index is 13.8. The van der Waals surface area contributed by atoms with Gasteiger partial charge in [0.2, 0.25) is 10.0 Å². The molecule has 1 heterocycles. The van der Waals surface area contributed by atoms with Crippen LogP contribution in [-0.4, -0.2) is 51.5 Å². The van der Waals surface area contributed by atoms with Gasteiger partial charge in [-0.25, -0.2) is 17.6 Å². The van der Waals surface area contributed by atoms with Gasteiger partial charge in [0, 0.05) is 19.1 Å². The van der Waals surface area contributed by atoms with Crippen molar-refractivity contribution >= 4 is 28.4 Å². The molecule has 1 aromatic rings. The summed E-state index contributed by atoms with van der Waals surface area (Å²) in [6.45, 7) is 2.68. The minimum absolute atomic E-state index is 0. The molecule has 0 bridgehead atoms. The fourth-order valence-corrected chi connectivity index (χ4v) is 4.49. The molecular formula is C15H22ClFN2O4S. The molecule has 1 aliphatic rings. The number of likely N-dealkylation sites (N-methyl/N-ethyl adjacent to an activating group) is 1. The van der Waals surface area contributed by atoms with Gasteiger partial charge in [-0.2, -0.15) is 4.31 Å². The van der Waals surface area contributed by atoms with E-state index in [2.05, 4.69) is 5.32 Å². The zero-order valence-electron chi connectivity index (χ0n) is 13.6. The van der Waals surface area contributed by atoms with Crippen LogP contribution in [0.25, 0.3) is 0 Å². The first-order valence-corrected chi connectivity index (χ1v) is 8.98. The van der Waals surface area contributed by atoms with Crippen molar-refractivity contribution in [3.63, 3.8) is 0 Å². The van der Waals surface area contributed by atoms with E-state index in [0.29, 0.717) is 13.1 Å². The quantitative estimate of drug-likeness (QED) is 0.761. The minimum Gasteiger partial charge on any atom is -0.462 e. The zero-order valence-corrected chi connectivity index (χ0v) is 15.3. The Morgan fingerprint density at radius 1 is 1.42 bits per heavy atom. The standard InChI is InChI=1S/C15H21FN2O4S.ClH/c1-3-22-15(19)11-7-12(16)9-14(8-11)23(20,21)18-6-4-5-13(18)10-17-2;/h7-9,13,17H,3-6,10H2,1-2H3;1H. The predicted octanol–water partition coefficient (Wildman–Crippen LogP) is 1.80. The van der Waals surface area contributed by atoms with E-state index < -0.39 is 21.8 Å². The second kappa shape index (κ2) is 8.75. The number of nitrogens with one attached hydrogen (secondary N) is 1. The maximum Gasteiger partial charge on any atom is 0.338 e. The van der Waals surface area contributed by atoms with Gasteiger partial charge in [0.05, 0.1) is 17.1 Å². The first kappa shape index (κ1) is 20.8. The van der Waals surface area contributed by atoms with Crippen molar-refractivity contribution in [2.45, 2.75) is 30.7 Å². The molecule has 0 spiro atoms. The first-order valence-electron chi connectivity index (χ1n) is 7.54. The van der Waals surface area contributed by atoms with Gasteiger partial charge in [0.1, 0.15) is 5.82 Å². The van der Waals surface area contributed by atoms with Crippen LogP contribution in [0.5, 0.6) is 0 Å². The SMILES string of the molecule is CCOC(=O)c1cc(F)cc(S(=O)(=O)N2CCCC2CNC)c1.Cl. The number of nitrogens with zero attached hydrogens (tertiary/aromatic N) is 1. The molecule has 0 aromatic heterocycles. The number of ether oxygens (including phenoxy) is 1. The topological polar surface area (TPSA) is 75.7 Å². The van der Waals surface area contributed by atoms with Crippen molar-refractivity contribution in [2.24, 2.45) is 0 Å². The highest BCUT2D eigenvalue weighted by molar-refractivity contribution is 7.89. The maximum absolute atomic E-state index is 13.8. The number of rotatable bonds is 6. The number of benzene rings is 1. The second-order valence-corrected chi connectivity index (χ2v) is 7.26. The molecule has 24 heavy (non-hydrogen) atoms. The summed E-state index contributed by atoms with van der Waals surface area (Å²) in [7, 11) is -2.10. The fraction of sp³-hybridized carbons (Fsp3) is 0.533. The van der Waals surface area contributed by atoms with E-state index in [9.17, 15) is 17.6 Å². The molecule has 2 rings (SSSR count). The lowest BCUT2D eigenvalue weighted by Gasteiger charge is -2.24. The van der Waals surface area contributed by atoms with E-state index in [1.54, 1.807) is 14.0 Å². The van der Waals surface area contributed by atoms with E-state index in [4.69, 9.17) is 4.74 Å². The monoisotopic (exact) mass is 380 g/mol. The third-order valence-electron chi connectivity index (χ3n) is 3.75. The van der Waals surface area contributed by atoms with Crippen LogP contribution in [-0.2, 0) is 14.8 Å². The summed E-state index contributed by atoms with van der Waals surface area (Å²) in [6, 6.07) is 2.92. The smallest absolute Gasteiger partial charge is 0.338 e. The Morgan fingerprint density at radius 3 is 2.75 bits per heavy atom. The predicted molar refractivity (Wildman–Crippen MR) is 90.4 cm³/mol. The molecular weight excluding hydrogens is 359 g/mol. The van der Waals surface area contributed by atoms with Gasteiger partial charge in [-0.05, 0) is 45.0 Å². The van der Waals surface area contributed by atoms with E-state index in [-0.39, 0.29) is 35.5 Å². The van der Waals surface area contributed by atoms with Gasteiger partial charge >= 0.3 is 5.97 Å². The van der Waals surface area contributed by atoms with Gasteiger partial charge in [0.15, 0.2) is 0 Å². The van der Waals surface area contributed by atoms with Crippen LogP contribution < -0.4 is 5.32 Å². The molecule has 1 aromatic carbocycles. The Bertz CT molecular complexity index is 684. The lowest BCUT2D eigenvalue weighted by molar-refractivity contribution is 0.0525. The summed E-state index contributed by atoms with van der Waals surface area (Å²) in [5.74, 6) is -1.52. The van der Waals surface area contributed by atoms with Crippen LogP contribution in [0.2, 0.25) is 0 Å². The van der Waals surface area contributed by atoms with Crippen molar-refractivity contribution in [3.05, 3.63) is 29.6 Å². The highest BCUT2D eigenvalue weighted by Crippen LogP contribution is 2.27. The summed E-state index contributed by atoms with van der Waals surface area (Å²) in [4.78, 5) is 11.5. The summed E-state index contributed by atoms with van der Waals surface area (Å²) >= 11 is 0. The average molecular weight is 381 g/mol. The van der Waals surface area contributed by atoms with Crippen molar-refractivity contribution in [1.82, 2.24) is 9.62 Å². The average Bonchev–Trinajstić information content (AvgIpc) is 2.96. The van der Waals surface area contributed by atoms with Crippen molar-refractivity contribution in [2.75, 3.05) is 26.7 Å². The number of halogens is 2. The molecule has 1 aliphatic heterocycles. The molecule has 1 atom stereocenters. The van der Waals surface area contributed by atoms with Gasteiger partial charge in [-0.1, -0.05) is 0 Å². The molecule has 1 N–H and O–H groups in total. The third-order valence-corrected chi connectivity index (χ3v) is 5.68. The summed E-state index contributed by atoms with van der Waals surface area (Å²) in [5.41, 5.74) is -0.102. The van der Waals surface area contributed by atoms with Gasteiger partial charge in [-0.15, -0.1) is 12.4 Å². The van der Waals surface area contributed by atoms with Gasteiger partial charge in [0.25, 0.3) is 0 Å². The Hall–Kier alpha value is -1.22. The second-order valence-electron chi connectivity index (χ2n) is 5.37. The lowest BCUT2D eigenvalue weighted by Crippen LogP contribution is -2.40. The number of sulfonamides is 1. The molecule has 1 fully saturated rings. The highest BCUT2D eigenvalue weighted by Gasteiger charge is 2.35.